The molecule has 3 rings (SSSR count). The van der Waals surface area contributed by atoms with E-state index >= 15 is 0 Å². The fourth-order valence-corrected chi connectivity index (χ4v) is 3.53. The molecule has 1 heterocycles. The predicted octanol–water partition coefficient (Wildman–Crippen LogP) is 3.62. The number of ether oxygens (including phenoxy) is 2. The van der Waals surface area contributed by atoms with Crippen molar-refractivity contribution in [2.75, 3.05) is 13.2 Å². The zero-order chi connectivity index (χ0) is 14.9. The molecule has 1 aromatic rings. The van der Waals surface area contributed by atoms with Crippen LogP contribution < -0.4 is 10.1 Å². The maximum atomic E-state index is 5.98. The lowest BCUT2D eigenvalue weighted by molar-refractivity contribution is -0.0326. The summed E-state index contributed by atoms with van der Waals surface area (Å²) < 4.78 is 11.9. The first-order chi connectivity index (χ1) is 10.1. The fraction of sp³-hybridized carbons (Fsp3) is 0.667. The van der Waals surface area contributed by atoms with Crippen molar-refractivity contribution in [2.45, 2.75) is 64.2 Å². The van der Waals surface area contributed by atoms with Gasteiger partial charge in [-0.1, -0.05) is 13.0 Å². The summed E-state index contributed by atoms with van der Waals surface area (Å²) in [6.07, 6.45) is 4.81. The Bertz CT molecular complexity index is 498. The number of benzene rings is 1. The van der Waals surface area contributed by atoms with Gasteiger partial charge >= 0.3 is 0 Å². The van der Waals surface area contributed by atoms with E-state index in [9.17, 15) is 0 Å². The first kappa shape index (κ1) is 14.9. The topological polar surface area (TPSA) is 30.5 Å². The summed E-state index contributed by atoms with van der Waals surface area (Å²) >= 11 is 0. The van der Waals surface area contributed by atoms with Gasteiger partial charge in [-0.15, -0.1) is 0 Å². The third kappa shape index (κ3) is 3.41. The molecule has 1 aromatic carbocycles. The Morgan fingerprint density at radius 3 is 2.90 bits per heavy atom. The molecular weight excluding hydrogens is 262 g/mol. The molecule has 3 heteroatoms. The third-order valence-electron chi connectivity index (χ3n) is 4.63. The average molecular weight is 289 g/mol. The van der Waals surface area contributed by atoms with Crippen LogP contribution in [0.4, 0.5) is 0 Å². The number of rotatable bonds is 5. The van der Waals surface area contributed by atoms with E-state index in [1.54, 1.807) is 0 Å². The van der Waals surface area contributed by atoms with E-state index in [2.05, 4.69) is 44.3 Å². The van der Waals surface area contributed by atoms with Crippen molar-refractivity contribution in [3.05, 3.63) is 29.3 Å². The predicted molar refractivity (Wildman–Crippen MR) is 84.9 cm³/mol. The zero-order valence-corrected chi connectivity index (χ0v) is 13.4. The van der Waals surface area contributed by atoms with E-state index < -0.39 is 0 Å². The van der Waals surface area contributed by atoms with Gasteiger partial charge < -0.3 is 14.8 Å². The van der Waals surface area contributed by atoms with Crippen molar-refractivity contribution in [2.24, 2.45) is 0 Å². The number of nitrogens with one attached hydrogen (secondary N) is 1. The largest absolute Gasteiger partial charge is 0.491 e. The molecule has 1 aliphatic carbocycles. The van der Waals surface area contributed by atoms with Crippen molar-refractivity contribution in [3.8, 4) is 5.75 Å². The van der Waals surface area contributed by atoms with Crippen LogP contribution in [0.3, 0.4) is 0 Å². The molecule has 1 saturated heterocycles. The van der Waals surface area contributed by atoms with E-state index in [-0.39, 0.29) is 11.7 Å². The maximum absolute atomic E-state index is 5.98. The van der Waals surface area contributed by atoms with Crippen LogP contribution >= 0.6 is 0 Å². The van der Waals surface area contributed by atoms with Gasteiger partial charge in [-0.3, -0.25) is 0 Å². The molecule has 21 heavy (non-hydrogen) atoms. The van der Waals surface area contributed by atoms with Crippen molar-refractivity contribution in [1.82, 2.24) is 5.32 Å². The van der Waals surface area contributed by atoms with Gasteiger partial charge in [0.2, 0.25) is 0 Å². The van der Waals surface area contributed by atoms with Crippen LogP contribution in [-0.2, 0) is 11.2 Å². The van der Waals surface area contributed by atoms with Gasteiger partial charge in [0.25, 0.3) is 0 Å². The molecule has 0 aromatic heterocycles. The number of hydrogen-bond acceptors (Lipinski definition) is 3. The summed E-state index contributed by atoms with van der Waals surface area (Å²) in [4.78, 5) is 0. The molecule has 0 saturated carbocycles. The molecular formula is C18H27NO2. The minimum atomic E-state index is 0.0189. The van der Waals surface area contributed by atoms with Gasteiger partial charge in [-0.2, -0.15) is 0 Å². The summed E-state index contributed by atoms with van der Waals surface area (Å²) in [6, 6.07) is 7.07. The average Bonchev–Trinajstić information content (AvgIpc) is 3.00. The van der Waals surface area contributed by atoms with Gasteiger partial charge in [0.15, 0.2) is 0 Å². The van der Waals surface area contributed by atoms with Crippen molar-refractivity contribution >= 4 is 0 Å². The molecule has 2 atom stereocenters. The molecule has 2 aliphatic rings. The first-order valence-electron chi connectivity index (χ1n) is 8.24. The van der Waals surface area contributed by atoms with Crippen molar-refractivity contribution in [1.29, 1.82) is 0 Å². The standard InChI is InChI=1S/C18H27NO2/c1-4-19-17-8-5-13-11-14(6-7-16(13)17)20-12-15-9-10-18(2,3)21-15/h6-7,11,15,17,19H,4-5,8-10,12H2,1-3H3. The Kier molecular flexibility index (Phi) is 4.23. The van der Waals surface area contributed by atoms with Crippen molar-refractivity contribution in [3.63, 3.8) is 0 Å². The van der Waals surface area contributed by atoms with Crippen LogP contribution in [0.25, 0.3) is 0 Å². The first-order valence-corrected chi connectivity index (χ1v) is 8.24. The van der Waals surface area contributed by atoms with E-state index in [4.69, 9.17) is 9.47 Å². The molecule has 0 spiro atoms. The Morgan fingerprint density at radius 1 is 1.33 bits per heavy atom. The second kappa shape index (κ2) is 5.98. The Labute approximate surface area is 128 Å². The van der Waals surface area contributed by atoms with Crippen LogP contribution in [0.5, 0.6) is 5.75 Å². The minimum Gasteiger partial charge on any atom is -0.491 e. The van der Waals surface area contributed by atoms with Gasteiger partial charge in [-0.25, -0.2) is 0 Å². The number of fused-ring (bicyclic) bond motifs is 1. The molecule has 2 unspecified atom stereocenters. The number of hydrogen-bond donors (Lipinski definition) is 1. The molecule has 0 radical (unpaired) electrons. The van der Waals surface area contributed by atoms with Crippen LogP contribution in [0, 0.1) is 0 Å². The molecule has 1 N–H and O–H groups in total. The highest BCUT2D eigenvalue weighted by atomic mass is 16.6. The highest BCUT2D eigenvalue weighted by Crippen LogP contribution is 2.34. The molecule has 0 amide bonds. The summed E-state index contributed by atoms with van der Waals surface area (Å²) in [7, 11) is 0. The van der Waals surface area contributed by atoms with Crippen LogP contribution in [-0.4, -0.2) is 24.9 Å². The van der Waals surface area contributed by atoms with E-state index in [1.807, 2.05) is 0 Å². The van der Waals surface area contributed by atoms with Gasteiger partial charge in [0.05, 0.1) is 11.7 Å². The summed E-state index contributed by atoms with van der Waals surface area (Å²) in [6.45, 7) is 8.17. The maximum Gasteiger partial charge on any atom is 0.119 e. The van der Waals surface area contributed by atoms with Gasteiger partial charge in [-0.05, 0) is 69.3 Å². The van der Waals surface area contributed by atoms with Gasteiger partial charge in [0.1, 0.15) is 12.4 Å². The monoisotopic (exact) mass is 289 g/mol. The fourth-order valence-electron chi connectivity index (χ4n) is 3.53. The lowest BCUT2D eigenvalue weighted by atomic mass is 10.1. The normalized spacial score (nSPS) is 26.8. The van der Waals surface area contributed by atoms with Crippen LogP contribution in [0.15, 0.2) is 18.2 Å². The second-order valence-electron chi connectivity index (χ2n) is 6.86. The van der Waals surface area contributed by atoms with Crippen LogP contribution in [0.2, 0.25) is 0 Å². The summed E-state index contributed by atoms with van der Waals surface area (Å²) in [5.74, 6) is 0.985. The molecule has 116 valence electrons. The van der Waals surface area contributed by atoms with Crippen molar-refractivity contribution < 1.29 is 9.47 Å². The van der Waals surface area contributed by atoms with Crippen LogP contribution in [0.1, 0.15) is 57.2 Å². The second-order valence-corrected chi connectivity index (χ2v) is 6.86. The zero-order valence-electron chi connectivity index (χ0n) is 13.4. The summed E-state index contributed by atoms with van der Waals surface area (Å²) in [5, 5.41) is 3.55. The Morgan fingerprint density at radius 2 is 2.19 bits per heavy atom. The lowest BCUT2D eigenvalue weighted by Gasteiger charge is -2.19. The Balaban J connectivity index is 1.58. The molecule has 1 aliphatic heterocycles. The summed E-state index contributed by atoms with van der Waals surface area (Å²) in [5.41, 5.74) is 2.90. The Hall–Kier alpha value is -1.06. The SMILES string of the molecule is CCNC1CCc2cc(OCC3CCC(C)(C)O3)ccc21. The highest BCUT2D eigenvalue weighted by molar-refractivity contribution is 5.40. The van der Waals surface area contributed by atoms with E-state index in [0.29, 0.717) is 12.6 Å². The van der Waals surface area contributed by atoms with E-state index in [0.717, 1.165) is 31.6 Å². The highest BCUT2D eigenvalue weighted by Gasteiger charge is 2.32. The lowest BCUT2D eigenvalue weighted by Crippen LogP contribution is -2.23. The van der Waals surface area contributed by atoms with Gasteiger partial charge in [0, 0.05) is 6.04 Å². The molecule has 0 bridgehead atoms. The number of aryl methyl sites for hydroxylation is 1. The quantitative estimate of drug-likeness (QED) is 0.898. The third-order valence-corrected chi connectivity index (χ3v) is 4.63. The minimum absolute atomic E-state index is 0.0189. The smallest absolute Gasteiger partial charge is 0.119 e. The molecule has 1 fully saturated rings. The molecule has 3 nitrogen and oxygen atoms in total. The van der Waals surface area contributed by atoms with E-state index in [1.165, 1.54) is 17.5 Å².